The lowest BCUT2D eigenvalue weighted by atomic mass is 10.0. The summed E-state index contributed by atoms with van der Waals surface area (Å²) in [7, 11) is 0. The second-order valence-electron chi connectivity index (χ2n) is 4.09. The van der Waals surface area contributed by atoms with Gasteiger partial charge in [-0.15, -0.1) is 5.06 Å². The van der Waals surface area contributed by atoms with Gasteiger partial charge in [0.1, 0.15) is 5.54 Å². The van der Waals surface area contributed by atoms with Gasteiger partial charge in [-0.3, -0.25) is 0 Å². The number of hydrogen-bond donors (Lipinski definition) is 1. The summed E-state index contributed by atoms with van der Waals surface area (Å²) in [5.41, 5.74) is -0.150. The predicted molar refractivity (Wildman–Crippen MR) is 56.6 cm³/mol. The largest absolute Gasteiger partial charge is 0.622 e. The molecule has 0 fully saturated rings. The molecule has 1 rings (SSSR count). The molecule has 86 valence electrons. The van der Waals surface area contributed by atoms with Gasteiger partial charge in [0, 0.05) is 6.92 Å². The molecule has 15 heavy (non-hydrogen) atoms. The molecule has 0 radical (unpaired) electrons. The molecule has 1 heterocycles. The van der Waals surface area contributed by atoms with Gasteiger partial charge in [-0.05, 0) is 20.8 Å². The molecule has 0 saturated heterocycles. The molecule has 0 saturated carbocycles. The molecule has 0 bridgehead atoms. The van der Waals surface area contributed by atoms with Crippen LogP contribution in [0.3, 0.4) is 0 Å². The minimum atomic E-state index is -0.847. The Balaban J connectivity index is 2.99. The van der Waals surface area contributed by atoms with Crippen LogP contribution in [-0.4, -0.2) is 39.0 Å². The molecule has 1 N–H and O–H groups in total. The van der Waals surface area contributed by atoms with Gasteiger partial charge in [-0.2, -0.15) is 4.74 Å². The molecule has 5 nitrogen and oxygen atoms in total. The zero-order valence-corrected chi connectivity index (χ0v) is 9.65. The fourth-order valence-corrected chi connectivity index (χ4v) is 1.55. The summed E-state index contributed by atoms with van der Waals surface area (Å²) < 4.78 is 5.89. The lowest BCUT2D eigenvalue weighted by Crippen LogP contribution is -2.46. The third kappa shape index (κ3) is 1.72. The van der Waals surface area contributed by atoms with Gasteiger partial charge in [-0.25, -0.2) is 0 Å². The molecule has 0 aliphatic carbocycles. The van der Waals surface area contributed by atoms with E-state index in [9.17, 15) is 10.4 Å². The molecule has 1 unspecified atom stereocenters. The minimum Gasteiger partial charge on any atom is -0.622 e. The third-order valence-corrected chi connectivity index (χ3v) is 2.86. The number of ether oxygens (including phenoxy) is 1. The molecular formula is C10H18N2O3. The molecule has 0 aromatic heterocycles. The second-order valence-corrected chi connectivity index (χ2v) is 4.09. The van der Waals surface area contributed by atoms with E-state index in [1.165, 1.54) is 0 Å². The first-order valence-corrected chi connectivity index (χ1v) is 4.94. The van der Waals surface area contributed by atoms with Crippen LogP contribution < -0.4 is 0 Å². The lowest BCUT2D eigenvalue weighted by Gasteiger charge is -2.25. The van der Waals surface area contributed by atoms with Gasteiger partial charge in [0.05, 0.1) is 6.61 Å². The Bertz CT molecular complexity index is 310. The van der Waals surface area contributed by atoms with Gasteiger partial charge in [-0.1, -0.05) is 6.58 Å². The first kappa shape index (κ1) is 12.0. The van der Waals surface area contributed by atoms with Gasteiger partial charge >= 0.3 is 0 Å². The van der Waals surface area contributed by atoms with Crippen molar-refractivity contribution < 1.29 is 14.7 Å². The number of nitrogens with zero attached hydrogens (tertiary/aromatic N) is 2. The quantitative estimate of drug-likeness (QED) is 0.437. The summed E-state index contributed by atoms with van der Waals surface area (Å²) in [6, 6.07) is 0. The average molecular weight is 214 g/mol. The number of hydrogen-bond acceptors (Lipinski definition) is 4. The van der Waals surface area contributed by atoms with Crippen LogP contribution in [0.1, 0.15) is 27.7 Å². The summed E-state index contributed by atoms with van der Waals surface area (Å²) in [5, 5.41) is 22.6. The Morgan fingerprint density at radius 1 is 1.73 bits per heavy atom. The van der Waals surface area contributed by atoms with Gasteiger partial charge in [0.15, 0.2) is 11.5 Å². The van der Waals surface area contributed by atoms with E-state index >= 15 is 0 Å². The first-order chi connectivity index (χ1) is 6.84. The van der Waals surface area contributed by atoms with Crippen molar-refractivity contribution in [3.05, 3.63) is 17.5 Å². The summed E-state index contributed by atoms with van der Waals surface area (Å²) in [4.78, 5) is 0. The van der Waals surface area contributed by atoms with Crippen molar-refractivity contribution in [2.45, 2.75) is 39.4 Å². The van der Waals surface area contributed by atoms with E-state index in [1.54, 1.807) is 27.7 Å². The number of rotatable bonds is 3. The highest BCUT2D eigenvalue weighted by molar-refractivity contribution is 5.87. The summed E-state index contributed by atoms with van der Waals surface area (Å²) in [5.74, 6) is 0.264. The van der Waals surface area contributed by atoms with Crippen molar-refractivity contribution in [2.24, 2.45) is 0 Å². The molecule has 5 heteroatoms. The fourth-order valence-electron chi connectivity index (χ4n) is 1.55. The zero-order valence-electron chi connectivity index (χ0n) is 9.65. The van der Waals surface area contributed by atoms with Crippen LogP contribution in [0.25, 0.3) is 0 Å². The summed E-state index contributed by atoms with van der Waals surface area (Å²) in [6.07, 6.45) is -0.847. The van der Waals surface area contributed by atoms with Crippen LogP contribution in [0.5, 0.6) is 0 Å². The summed E-state index contributed by atoms with van der Waals surface area (Å²) >= 11 is 0. The normalized spacial score (nSPS) is 25.8. The highest BCUT2D eigenvalue weighted by Gasteiger charge is 2.51. The van der Waals surface area contributed by atoms with E-state index in [4.69, 9.17) is 4.74 Å². The highest BCUT2D eigenvalue weighted by Crippen LogP contribution is 2.28. The van der Waals surface area contributed by atoms with Crippen molar-refractivity contribution >= 4 is 5.71 Å². The standard InChI is InChI=1S/C10H18N2O3/c1-6-15-7(2)9-11(13)8(3)10(4,5)12(9)14/h9,14H,2,6H2,1,3-5H3. The smallest absolute Gasteiger partial charge is 0.299 e. The molecule has 1 atom stereocenters. The van der Waals surface area contributed by atoms with Gasteiger partial charge in [0.25, 0.3) is 6.17 Å². The van der Waals surface area contributed by atoms with E-state index in [0.717, 1.165) is 9.80 Å². The minimum absolute atomic E-state index is 0.264. The van der Waals surface area contributed by atoms with Crippen LogP contribution in [0.15, 0.2) is 12.3 Å². The van der Waals surface area contributed by atoms with E-state index in [2.05, 4.69) is 6.58 Å². The van der Waals surface area contributed by atoms with Gasteiger partial charge < -0.3 is 15.2 Å². The molecular weight excluding hydrogens is 196 g/mol. The average Bonchev–Trinajstić information content (AvgIpc) is 2.29. The van der Waals surface area contributed by atoms with Crippen LogP contribution in [0, 0.1) is 5.21 Å². The Morgan fingerprint density at radius 2 is 2.27 bits per heavy atom. The van der Waals surface area contributed by atoms with Gasteiger partial charge in [0.2, 0.25) is 0 Å². The Labute approximate surface area is 89.8 Å². The topological polar surface area (TPSA) is 58.8 Å². The van der Waals surface area contributed by atoms with Crippen molar-refractivity contribution in [3.63, 3.8) is 0 Å². The van der Waals surface area contributed by atoms with Crippen LogP contribution >= 0.6 is 0 Å². The molecule has 0 aromatic rings. The maximum Gasteiger partial charge on any atom is 0.299 e. The molecule has 0 amide bonds. The van der Waals surface area contributed by atoms with E-state index in [1.807, 2.05) is 0 Å². The Hall–Kier alpha value is -1.07. The summed E-state index contributed by atoms with van der Waals surface area (Å²) in [6.45, 7) is 11.1. The lowest BCUT2D eigenvalue weighted by molar-refractivity contribution is -0.530. The SMILES string of the molecule is C=C(OCC)C1N(O)C(C)(C)C(C)=[N+]1[O-]. The van der Waals surface area contributed by atoms with Crippen molar-refractivity contribution in [3.8, 4) is 0 Å². The Morgan fingerprint density at radius 3 is 2.60 bits per heavy atom. The molecule has 1 aliphatic heterocycles. The van der Waals surface area contributed by atoms with Crippen LogP contribution in [0.4, 0.5) is 0 Å². The molecule has 0 aromatic carbocycles. The van der Waals surface area contributed by atoms with Crippen molar-refractivity contribution in [1.29, 1.82) is 0 Å². The molecule has 1 aliphatic rings. The first-order valence-electron chi connectivity index (χ1n) is 4.94. The Kier molecular flexibility index (Phi) is 3.06. The maximum atomic E-state index is 11.8. The highest BCUT2D eigenvalue weighted by atomic mass is 16.6. The second kappa shape index (κ2) is 3.83. The number of hydroxylamine groups is 3. The van der Waals surface area contributed by atoms with Crippen molar-refractivity contribution in [2.75, 3.05) is 6.61 Å². The van der Waals surface area contributed by atoms with E-state index < -0.39 is 11.7 Å². The zero-order chi connectivity index (χ0) is 11.8. The third-order valence-electron chi connectivity index (χ3n) is 2.86. The fraction of sp³-hybridized carbons (Fsp3) is 0.700. The van der Waals surface area contributed by atoms with E-state index in [-0.39, 0.29) is 5.76 Å². The predicted octanol–water partition coefficient (Wildman–Crippen LogP) is 1.32. The maximum absolute atomic E-state index is 11.8. The molecule has 0 spiro atoms. The van der Waals surface area contributed by atoms with Crippen LogP contribution in [-0.2, 0) is 4.74 Å². The monoisotopic (exact) mass is 214 g/mol. The van der Waals surface area contributed by atoms with Crippen LogP contribution in [0.2, 0.25) is 0 Å². The van der Waals surface area contributed by atoms with Crippen molar-refractivity contribution in [1.82, 2.24) is 5.06 Å². The van der Waals surface area contributed by atoms with E-state index in [0.29, 0.717) is 12.3 Å².